The maximum absolute atomic E-state index is 12.1. The zero-order valence-corrected chi connectivity index (χ0v) is 14.3. The number of sulfone groups is 1. The third kappa shape index (κ3) is 4.26. The molecule has 0 aliphatic heterocycles. The van der Waals surface area contributed by atoms with Crippen LogP contribution in [0.5, 0.6) is 0 Å². The molecular formula is C14H22N2O3S2. The topological polar surface area (TPSA) is 76.1 Å². The van der Waals surface area contributed by atoms with Crippen LogP contribution in [-0.2, 0) is 20.0 Å². The standard InChI is InChI=1S/C14H22N2O3S2/c1-14(2,3)11-8-20-13(15-11)16-12(17)9-21(18,19)10-6-4-5-7-10/h8,10H,4-7,9H2,1-3H3,(H,15,16,17). The molecule has 1 amide bonds. The van der Waals surface area contributed by atoms with Gasteiger partial charge in [0.25, 0.3) is 0 Å². The first kappa shape index (κ1) is 16.4. The first-order valence-corrected chi connectivity index (χ1v) is 9.75. The highest BCUT2D eigenvalue weighted by molar-refractivity contribution is 7.92. The number of amides is 1. The van der Waals surface area contributed by atoms with Gasteiger partial charge in [-0.25, -0.2) is 13.4 Å². The molecule has 1 aromatic rings. The van der Waals surface area contributed by atoms with Gasteiger partial charge in [0.15, 0.2) is 15.0 Å². The molecule has 0 atom stereocenters. The molecule has 1 fully saturated rings. The van der Waals surface area contributed by atoms with E-state index >= 15 is 0 Å². The molecule has 5 nitrogen and oxygen atoms in total. The lowest BCUT2D eigenvalue weighted by atomic mass is 9.93. The Morgan fingerprint density at radius 1 is 1.38 bits per heavy atom. The molecule has 0 bridgehead atoms. The lowest BCUT2D eigenvalue weighted by molar-refractivity contribution is -0.113. The summed E-state index contributed by atoms with van der Waals surface area (Å²) in [4.78, 5) is 16.3. The van der Waals surface area contributed by atoms with E-state index in [0.29, 0.717) is 18.0 Å². The molecule has 118 valence electrons. The third-order valence-corrected chi connectivity index (χ3v) is 6.57. The number of nitrogens with one attached hydrogen (secondary N) is 1. The second-order valence-corrected chi connectivity index (χ2v) is 9.69. The molecule has 0 aromatic carbocycles. The molecule has 1 aliphatic rings. The van der Waals surface area contributed by atoms with Gasteiger partial charge >= 0.3 is 0 Å². The fourth-order valence-electron chi connectivity index (χ4n) is 2.38. The largest absolute Gasteiger partial charge is 0.301 e. The van der Waals surface area contributed by atoms with Gasteiger partial charge in [0.1, 0.15) is 5.75 Å². The summed E-state index contributed by atoms with van der Waals surface area (Å²) in [6, 6.07) is 0. The van der Waals surface area contributed by atoms with Crippen molar-refractivity contribution >= 4 is 32.2 Å². The summed E-state index contributed by atoms with van der Waals surface area (Å²) in [5, 5.41) is 4.61. The monoisotopic (exact) mass is 330 g/mol. The number of carbonyl (C=O) groups excluding carboxylic acids is 1. The van der Waals surface area contributed by atoms with Crippen LogP contribution in [0.25, 0.3) is 0 Å². The van der Waals surface area contributed by atoms with Crippen LogP contribution in [0.1, 0.15) is 52.1 Å². The Hall–Kier alpha value is -0.950. The van der Waals surface area contributed by atoms with Gasteiger partial charge in [0.2, 0.25) is 5.91 Å². The number of hydrogen-bond acceptors (Lipinski definition) is 5. The van der Waals surface area contributed by atoms with E-state index in [0.717, 1.165) is 18.5 Å². The molecule has 1 aliphatic carbocycles. The number of aromatic nitrogens is 1. The average molecular weight is 330 g/mol. The number of nitrogens with zero attached hydrogens (tertiary/aromatic N) is 1. The molecular weight excluding hydrogens is 308 g/mol. The Bertz CT molecular complexity index is 608. The summed E-state index contributed by atoms with van der Waals surface area (Å²) >= 11 is 1.33. The Labute approximate surface area is 130 Å². The van der Waals surface area contributed by atoms with E-state index in [-0.39, 0.29) is 10.7 Å². The Kier molecular flexibility index (Phi) is 4.72. The van der Waals surface area contributed by atoms with Crippen LogP contribution >= 0.6 is 11.3 Å². The van der Waals surface area contributed by atoms with E-state index in [2.05, 4.69) is 10.3 Å². The SMILES string of the molecule is CC(C)(C)c1csc(NC(=O)CS(=O)(=O)C2CCCC2)n1. The predicted octanol–water partition coefficient (Wildman–Crippen LogP) is 2.74. The van der Waals surface area contributed by atoms with E-state index in [4.69, 9.17) is 0 Å². The molecule has 21 heavy (non-hydrogen) atoms. The Morgan fingerprint density at radius 3 is 2.52 bits per heavy atom. The summed E-state index contributed by atoms with van der Waals surface area (Å²) in [6.45, 7) is 6.12. The van der Waals surface area contributed by atoms with Gasteiger partial charge in [-0.05, 0) is 12.8 Å². The molecule has 0 radical (unpaired) electrons. The van der Waals surface area contributed by atoms with Crippen LogP contribution in [0.3, 0.4) is 0 Å². The van der Waals surface area contributed by atoms with Gasteiger partial charge in [-0.1, -0.05) is 33.6 Å². The van der Waals surface area contributed by atoms with Crippen molar-refractivity contribution in [3.63, 3.8) is 0 Å². The van der Waals surface area contributed by atoms with Crippen molar-refractivity contribution in [2.75, 3.05) is 11.1 Å². The number of rotatable bonds is 4. The highest BCUT2D eigenvalue weighted by atomic mass is 32.2. The normalized spacial score (nSPS) is 17.1. The number of anilines is 1. The minimum atomic E-state index is -3.34. The van der Waals surface area contributed by atoms with Gasteiger partial charge in [-0.15, -0.1) is 11.3 Å². The van der Waals surface area contributed by atoms with Crippen LogP contribution in [0, 0.1) is 0 Å². The van der Waals surface area contributed by atoms with Crippen molar-refractivity contribution in [3.05, 3.63) is 11.1 Å². The van der Waals surface area contributed by atoms with Crippen LogP contribution in [0.15, 0.2) is 5.38 Å². The van der Waals surface area contributed by atoms with Crippen molar-refractivity contribution in [2.45, 2.75) is 57.1 Å². The summed E-state index contributed by atoms with van der Waals surface area (Å²) < 4.78 is 24.2. The zero-order valence-electron chi connectivity index (χ0n) is 12.7. The van der Waals surface area contributed by atoms with Gasteiger partial charge in [-0.2, -0.15) is 0 Å². The third-order valence-electron chi connectivity index (χ3n) is 3.66. The second-order valence-electron chi connectivity index (χ2n) is 6.55. The molecule has 0 spiro atoms. The average Bonchev–Trinajstić information content (AvgIpc) is 2.96. The summed E-state index contributed by atoms with van der Waals surface area (Å²) in [5.74, 6) is -0.932. The fraction of sp³-hybridized carbons (Fsp3) is 0.714. The van der Waals surface area contributed by atoms with Gasteiger partial charge in [0.05, 0.1) is 10.9 Å². The van der Waals surface area contributed by atoms with E-state index in [1.807, 2.05) is 26.2 Å². The van der Waals surface area contributed by atoms with Crippen molar-refractivity contribution in [2.24, 2.45) is 0 Å². The maximum Gasteiger partial charge on any atom is 0.241 e. The molecule has 1 aromatic heterocycles. The zero-order chi connectivity index (χ0) is 15.7. The van der Waals surface area contributed by atoms with Gasteiger partial charge in [0, 0.05) is 10.8 Å². The lowest BCUT2D eigenvalue weighted by Crippen LogP contribution is -2.29. The highest BCUT2D eigenvalue weighted by Gasteiger charge is 2.30. The summed E-state index contributed by atoms with van der Waals surface area (Å²) in [5.41, 5.74) is 0.802. The fourth-order valence-corrected chi connectivity index (χ4v) is 5.06. The minimum absolute atomic E-state index is 0.0879. The van der Waals surface area contributed by atoms with E-state index in [1.165, 1.54) is 11.3 Å². The van der Waals surface area contributed by atoms with Crippen molar-refractivity contribution in [3.8, 4) is 0 Å². The van der Waals surface area contributed by atoms with E-state index in [9.17, 15) is 13.2 Å². The van der Waals surface area contributed by atoms with Crippen LogP contribution in [-0.4, -0.2) is 30.3 Å². The van der Waals surface area contributed by atoms with Crippen LogP contribution in [0.4, 0.5) is 5.13 Å². The summed E-state index contributed by atoms with van der Waals surface area (Å²) in [6.07, 6.45) is 3.24. The molecule has 7 heteroatoms. The smallest absolute Gasteiger partial charge is 0.241 e. The Morgan fingerprint density at radius 2 is 2.00 bits per heavy atom. The first-order valence-electron chi connectivity index (χ1n) is 7.16. The molecule has 0 unspecified atom stereocenters. The van der Waals surface area contributed by atoms with Crippen LogP contribution in [0.2, 0.25) is 0 Å². The summed E-state index contributed by atoms with van der Waals surface area (Å²) in [7, 11) is -3.34. The van der Waals surface area contributed by atoms with Crippen molar-refractivity contribution in [1.82, 2.24) is 4.98 Å². The quantitative estimate of drug-likeness (QED) is 0.921. The second kappa shape index (κ2) is 6.04. The molecule has 1 saturated carbocycles. The molecule has 1 heterocycles. The van der Waals surface area contributed by atoms with E-state index in [1.54, 1.807) is 0 Å². The number of hydrogen-bond donors (Lipinski definition) is 1. The van der Waals surface area contributed by atoms with Crippen molar-refractivity contribution in [1.29, 1.82) is 0 Å². The van der Waals surface area contributed by atoms with E-state index < -0.39 is 21.5 Å². The molecule has 0 saturated heterocycles. The first-order chi connectivity index (χ1) is 9.68. The highest BCUT2D eigenvalue weighted by Crippen LogP contribution is 2.27. The number of carbonyl (C=O) groups is 1. The predicted molar refractivity (Wildman–Crippen MR) is 85.5 cm³/mol. The molecule has 1 N–H and O–H groups in total. The van der Waals surface area contributed by atoms with Crippen LogP contribution < -0.4 is 5.32 Å². The lowest BCUT2D eigenvalue weighted by Gasteiger charge is -2.14. The number of thiazole rings is 1. The molecule has 2 rings (SSSR count). The van der Waals surface area contributed by atoms with Crippen molar-refractivity contribution < 1.29 is 13.2 Å². The Balaban J connectivity index is 1.97. The maximum atomic E-state index is 12.1. The van der Waals surface area contributed by atoms with Gasteiger partial charge in [-0.3, -0.25) is 4.79 Å². The minimum Gasteiger partial charge on any atom is -0.301 e. The van der Waals surface area contributed by atoms with Gasteiger partial charge < -0.3 is 5.32 Å².